The van der Waals surface area contributed by atoms with Crippen LogP contribution in [0.3, 0.4) is 0 Å². The van der Waals surface area contributed by atoms with Crippen LogP contribution in [0, 0.1) is 0 Å². The van der Waals surface area contributed by atoms with Gasteiger partial charge in [0.1, 0.15) is 0 Å². The molecule has 21 heavy (non-hydrogen) atoms. The van der Waals surface area contributed by atoms with Gasteiger partial charge in [-0.15, -0.1) is 11.3 Å². The first-order valence-corrected chi connectivity index (χ1v) is 8.88. The average molecular weight is 429 g/mol. The molecular formula is C15H11Br2NO2S. The highest BCUT2D eigenvalue weighted by Gasteiger charge is 2.28. The van der Waals surface area contributed by atoms with Crippen molar-refractivity contribution < 1.29 is 9.59 Å². The highest BCUT2D eigenvalue weighted by molar-refractivity contribution is 9.11. The number of hydrogen-bond donors (Lipinski definition) is 0. The predicted molar refractivity (Wildman–Crippen MR) is 90.0 cm³/mol. The third kappa shape index (κ3) is 2.72. The molecule has 2 heterocycles. The van der Waals surface area contributed by atoms with Crippen LogP contribution >= 0.6 is 43.2 Å². The predicted octanol–water partition coefficient (Wildman–Crippen LogP) is 4.15. The van der Waals surface area contributed by atoms with Crippen molar-refractivity contribution in [1.82, 2.24) is 4.90 Å². The number of carbonyl (C=O) groups is 2. The normalized spacial score (nSPS) is 16.0. The lowest BCUT2D eigenvalue weighted by atomic mass is 9.94. The molecule has 0 saturated carbocycles. The minimum atomic E-state index is -0.228. The standard InChI is InChI=1S/C15H11Br2NO2S/c1-18-13(19)6-8-2-3-9(4-11(8)15(18)20)14(17)10-5-12(16)21-7-10/h2-5,7,14H,6H2,1H3. The highest BCUT2D eigenvalue weighted by atomic mass is 79.9. The molecule has 6 heteroatoms. The fourth-order valence-corrected chi connectivity index (χ4v) is 4.25. The third-order valence-electron chi connectivity index (χ3n) is 3.56. The van der Waals surface area contributed by atoms with E-state index in [0.717, 1.165) is 20.5 Å². The van der Waals surface area contributed by atoms with Crippen LogP contribution in [0.15, 0.2) is 33.4 Å². The van der Waals surface area contributed by atoms with Gasteiger partial charge in [0.05, 0.1) is 15.0 Å². The molecule has 0 aliphatic carbocycles. The number of fused-ring (bicyclic) bond motifs is 1. The van der Waals surface area contributed by atoms with Crippen molar-refractivity contribution in [3.8, 4) is 0 Å². The molecule has 0 bridgehead atoms. The van der Waals surface area contributed by atoms with Crippen molar-refractivity contribution >= 4 is 55.0 Å². The molecule has 2 aromatic rings. The SMILES string of the molecule is CN1C(=O)Cc2ccc(C(Br)c3csc(Br)c3)cc2C1=O. The number of halogens is 2. The van der Waals surface area contributed by atoms with Crippen LogP contribution < -0.4 is 0 Å². The van der Waals surface area contributed by atoms with E-state index in [-0.39, 0.29) is 23.1 Å². The number of amides is 2. The Morgan fingerprint density at radius 3 is 2.67 bits per heavy atom. The van der Waals surface area contributed by atoms with E-state index in [1.54, 1.807) is 11.3 Å². The van der Waals surface area contributed by atoms with Gasteiger partial charge >= 0.3 is 0 Å². The first-order valence-electron chi connectivity index (χ1n) is 6.29. The van der Waals surface area contributed by atoms with Gasteiger partial charge < -0.3 is 0 Å². The van der Waals surface area contributed by atoms with E-state index in [0.29, 0.717) is 5.56 Å². The van der Waals surface area contributed by atoms with Crippen LogP contribution in [0.5, 0.6) is 0 Å². The Bertz CT molecular complexity index is 741. The molecule has 0 saturated heterocycles. The Morgan fingerprint density at radius 1 is 1.24 bits per heavy atom. The smallest absolute Gasteiger partial charge is 0.260 e. The molecular weight excluding hydrogens is 418 g/mol. The third-order valence-corrected chi connectivity index (χ3v) is 6.14. The highest BCUT2D eigenvalue weighted by Crippen LogP contribution is 2.36. The quantitative estimate of drug-likeness (QED) is 0.532. The van der Waals surface area contributed by atoms with E-state index in [4.69, 9.17) is 0 Å². The fraction of sp³-hybridized carbons (Fsp3) is 0.200. The van der Waals surface area contributed by atoms with Gasteiger partial charge in [-0.1, -0.05) is 28.1 Å². The maximum atomic E-state index is 12.2. The lowest BCUT2D eigenvalue weighted by Gasteiger charge is -2.24. The lowest BCUT2D eigenvalue weighted by molar-refractivity contribution is -0.127. The number of nitrogens with zero attached hydrogens (tertiary/aromatic N) is 1. The molecule has 1 aromatic carbocycles. The molecule has 0 radical (unpaired) electrons. The second-order valence-corrected chi connectivity index (χ2v) is 8.10. The molecule has 1 aromatic heterocycles. The van der Waals surface area contributed by atoms with Gasteiger partial charge in [-0.2, -0.15) is 0 Å². The first kappa shape index (κ1) is 14.9. The summed E-state index contributed by atoms with van der Waals surface area (Å²) in [4.78, 5) is 25.1. The number of thiophene rings is 1. The minimum Gasteiger partial charge on any atom is -0.281 e. The summed E-state index contributed by atoms with van der Waals surface area (Å²) >= 11 is 8.76. The molecule has 1 unspecified atom stereocenters. The summed E-state index contributed by atoms with van der Waals surface area (Å²) < 4.78 is 1.07. The van der Waals surface area contributed by atoms with Crippen LogP contribution in [0.2, 0.25) is 0 Å². The van der Waals surface area contributed by atoms with E-state index in [1.165, 1.54) is 11.9 Å². The number of hydrogen-bond acceptors (Lipinski definition) is 3. The summed E-state index contributed by atoms with van der Waals surface area (Å²) in [6.07, 6.45) is 0.287. The maximum absolute atomic E-state index is 12.2. The molecule has 2 amide bonds. The van der Waals surface area contributed by atoms with Crippen molar-refractivity contribution in [2.24, 2.45) is 0 Å². The average Bonchev–Trinajstić information content (AvgIpc) is 2.90. The summed E-state index contributed by atoms with van der Waals surface area (Å²) in [6.45, 7) is 0. The monoisotopic (exact) mass is 427 g/mol. The molecule has 1 aliphatic heterocycles. The summed E-state index contributed by atoms with van der Waals surface area (Å²) in [6, 6.07) is 7.78. The van der Waals surface area contributed by atoms with Gasteiger partial charge in [0.15, 0.2) is 0 Å². The summed E-state index contributed by atoms with van der Waals surface area (Å²) in [5.74, 6) is -0.383. The minimum absolute atomic E-state index is 0.0288. The number of imide groups is 1. The fourth-order valence-electron chi connectivity index (χ4n) is 2.33. The van der Waals surface area contributed by atoms with Crippen LogP contribution in [0.4, 0.5) is 0 Å². The van der Waals surface area contributed by atoms with Crippen molar-refractivity contribution in [2.45, 2.75) is 11.2 Å². The van der Waals surface area contributed by atoms with Crippen LogP contribution in [-0.2, 0) is 11.2 Å². The van der Waals surface area contributed by atoms with Crippen molar-refractivity contribution in [2.75, 3.05) is 7.05 Å². The number of alkyl halides is 1. The maximum Gasteiger partial charge on any atom is 0.260 e. The molecule has 1 atom stereocenters. The molecule has 3 nitrogen and oxygen atoms in total. The van der Waals surface area contributed by atoms with Gasteiger partial charge in [0, 0.05) is 12.6 Å². The Balaban J connectivity index is 2.00. The van der Waals surface area contributed by atoms with Crippen molar-refractivity contribution in [3.05, 3.63) is 55.7 Å². The topological polar surface area (TPSA) is 37.4 Å². The lowest BCUT2D eigenvalue weighted by Crippen LogP contribution is -2.39. The second kappa shape index (κ2) is 5.66. The van der Waals surface area contributed by atoms with E-state index >= 15 is 0 Å². The Kier molecular flexibility index (Phi) is 4.03. The molecule has 108 valence electrons. The number of benzene rings is 1. The van der Waals surface area contributed by atoms with Gasteiger partial charge in [0.2, 0.25) is 5.91 Å². The van der Waals surface area contributed by atoms with Crippen molar-refractivity contribution in [3.63, 3.8) is 0 Å². The zero-order valence-corrected chi connectivity index (χ0v) is 15.1. The van der Waals surface area contributed by atoms with Crippen LogP contribution in [0.1, 0.15) is 31.9 Å². The van der Waals surface area contributed by atoms with Gasteiger partial charge in [-0.3, -0.25) is 14.5 Å². The molecule has 0 fully saturated rings. The zero-order valence-electron chi connectivity index (χ0n) is 11.1. The molecule has 0 N–H and O–H groups in total. The second-order valence-electron chi connectivity index (χ2n) is 4.90. The number of rotatable bonds is 2. The molecule has 0 spiro atoms. The summed E-state index contributed by atoms with van der Waals surface area (Å²) in [7, 11) is 1.53. The largest absolute Gasteiger partial charge is 0.281 e. The first-order chi connectivity index (χ1) is 9.97. The number of likely N-dealkylation sites (N-methyl/N-ethyl adjacent to an activating group) is 1. The van der Waals surface area contributed by atoms with E-state index in [9.17, 15) is 9.59 Å². The number of carbonyl (C=O) groups excluding carboxylic acids is 2. The van der Waals surface area contributed by atoms with Crippen LogP contribution in [-0.4, -0.2) is 23.8 Å². The molecule has 3 rings (SSSR count). The van der Waals surface area contributed by atoms with Gasteiger partial charge in [-0.05, 0) is 50.1 Å². The Hall–Kier alpha value is -0.980. The van der Waals surface area contributed by atoms with E-state index < -0.39 is 0 Å². The van der Waals surface area contributed by atoms with E-state index in [2.05, 4.69) is 43.3 Å². The van der Waals surface area contributed by atoms with Crippen LogP contribution in [0.25, 0.3) is 0 Å². The Morgan fingerprint density at radius 2 is 2.00 bits per heavy atom. The van der Waals surface area contributed by atoms with Gasteiger partial charge in [0.25, 0.3) is 5.91 Å². The Labute approximate surface area is 143 Å². The van der Waals surface area contributed by atoms with Gasteiger partial charge in [-0.25, -0.2) is 0 Å². The summed E-state index contributed by atoms with van der Waals surface area (Å²) in [5.41, 5.74) is 3.57. The molecule has 1 aliphatic rings. The van der Waals surface area contributed by atoms with Crippen molar-refractivity contribution in [1.29, 1.82) is 0 Å². The van der Waals surface area contributed by atoms with E-state index in [1.807, 2.05) is 18.2 Å². The summed E-state index contributed by atoms with van der Waals surface area (Å²) in [5, 5.41) is 2.07. The zero-order chi connectivity index (χ0) is 15.1.